The minimum atomic E-state index is 0.0173. The summed E-state index contributed by atoms with van der Waals surface area (Å²) in [6, 6.07) is 28.8. The zero-order chi connectivity index (χ0) is 20.1. The fourth-order valence-electron chi connectivity index (χ4n) is 3.11. The van der Waals surface area contributed by atoms with E-state index in [1.165, 1.54) is 0 Å². The van der Waals surface area contributed by atoms with Crippen LogP contribution in [-0.4, -0.2) is 19.4 Å². The molecule has 0 saturated heterocycles. The van der Waals surface area contributed by atoms with Gasteiger partial charge in [-0.3, -0.25) is 4.79 Å². The van der Waals surface area contributed by atoms with Crippen molar-refractivity contribution in [1.29, 1.82) is 0 Å². The Morgan fingerprint density at radius 3 is 2.24 bits per heavy atom. The highest BCUT2D eigenvalue weighted by Crippen LogP contribution is 2.30. The van der Waals surface area contributed by atoms with Gasteiger partial charge < -0.3 is 14.8 Å². The molecule has 4 nitrogen and oxygen atoms in total. The molecule has 4 aromatic carbocycles. The Bertz CT molecular complexity index is 1110. The topological polar surface area (TPSA) is 47.6 Å². The summed E-state index contributed by atoms with van der Waals surface area (Å²) in [6.07, 6.45) is 0. The first-order chi connectivity index (χ1) is 14.2. The summed E-state index contributed by atoms with van der Waals surface area (Å²) >= 11 is 0. The number of ketones is 1. The highest BCUT2D eigenvalue weighted by Gasteiger charge is 2.07. The molecule has 4 aromatic rings. The third-order valence-corrected chi connectivity index (χ3v) is 4.70. The van der Waals surface area contributed by atoms with Crippen molar-refractivity contribution in [2.45, 2.75) is 0 Å². The summed E-state index contributed by atoms with van der Waals surface area (Å²) in [4.78, 5) is 12.3. The molecule has 0 fully saturated rings. The molecule has 0 heterocycles. The molecule has 0 amide bonds. The molecule has 0 aliphatic rings. The summed E-state index contributed by atoms with van der Waals surface area (Å²) in [7, 11) is 1.60. The average Bonchev–Trinajstić information content (AvgIpc) is 2.79. The molecule has 29 heavy (non-hydrogen) atoms. The molecular weight excluding hydrogens is 362 g/mol. The van der Waals surface area contributed by atoms with Crippen molar-refractivity contribution in [3.63, 3.8) is 0 Å². The Morgan fingerprint density at radius 2 is 1.48 bits per heavy atom. The van der Waals surface area contributed by atoms with Crippen LogP contribution in [0.25, 0.3) is 10.8 Å². The van der Waals surface area contributed by atoms with Gasteiger partial charge in [0.25, 0.3) is 0 Å². The van der Waals surface area contributed by atoms with Crippen LogP contribution in [0.15, 0.2) is 91.0 Å². The normalized spacial score (nSPS) is 10.5. The number of hydrogen-bond acceptors (Lipinski definition) is 4. The monoisotopic (exact) mass is 383 g/mol. The molecule has 0 bridgehead atoms. The number of nitrogens with one attached hydrogen (secondary N) is 1. The summed E-state index contributed by atoms with van der Waals surface area (Å²) in [5, 5.41) is 5.37. The maximum Gasteiger partial charge on any atom is 0.181 e. The average molecular weight is 383 g/mol. The van der Waals surface area contributed by atoms with E-state index in [0.717, 1.165) is 33.7 Å². The predicted octanol–water partition coefficient (Wildman–Crippen LogP) is 5.94. The molecule has 0 unspecified atom stereocenters. The zero-order valence-corrected chi connectivity index (χ0v) is 16.1. The van der Waals surface area contributed by atoms with Gasteiger partial charge in [0, 0.05) is 16.6 Å². The van der Waals surface area contributed by atoms with Crippen LogP contribution in [0.5, 0.6) is 17.2 Å². The number of anilines is 1. The zero-order valence-electron chi connectivity index (χ0n) is 16.1. The van der Waals surface area contributed by atoms with Crippen molar-refractivity contribution in [1.82, 2.24) is 0 Å². The SMILES string of the molecule is COc1ccc(C(=O)CNc2ccc(Oc3cccc4ccccc34)cc2)cc1. The van der Waals surface area contributed by atoms with Crippen molar-refractivity contribution < 1.29 is 14.3 Å². The van der Waals surface area contributed by atoms with E-state index in [1.54, 1.807) is 31.4 Å². The quantitative estimate of drug-likeness (QED) is 0.402. The van der Waals surface area contributed by atoms with Crippen molar-refractivity contribution in [3.05, 3.63) is 96.6 Å². The maximum absolute atomic E-state index is 12.3. The number of benzene rings is 4. The summed E-state index contributed by atoms with van der Waals surface area (Å²) in [5.41, 5.74) is 1.51. The lowest BCUT2D eigenvalue weighted by Crippen LogP contribution is -2.13. The number of carbonyl (C=O) groups is 1. The number of Topliss-reactive ketones (excluding diaryl/α,β-unsaturated/α-hetero) is 1. The van der Waals surface area contributed by atoms with E-state index >= 15 is 0 Å². The van der Waals surface area contributed by atoms with Crippen LogP contribution >= 0.6 is 0 Å². The molecule has 4 rings (SSSR count). The van der Waals surface area contributed by atoms with Crippen LogP contribution in [-0.2, 0) is 0 Å². The van der Waals surface area contributed by atoms with Gasteiger partial charge in [0.2, 0.25) is 0 Å². The summed E-state index contributed by atoms with van der Waals surface area (Å²) in [6.45, 7) is 0.218. The molecule has 144 valence electrons. The van der Waals surface area contributed by atoms with Gasteiger partial charge in [0.1, 0.15) is 17.2 Å². The summed E-state index contributed by atoms with van der Waals surface area (Å²) in [5.74, 6) is 2.31. The van der Waals surface area contributed by atoms with Gasteiger partial charge in [-0.1, -0.05) is 36.4 Å². The van der Waals surface area contributed by atoms with Crippen LogP contribution in [0.1, 0.15) is 10.4 Å². The third kappa shape index (κ3) is 4.38. The van der Waals surface area contributed by atoms with Gasteiger partial charge in [-0.15, -0.1) is 0 Å². The molecule has 0 saturated carbocycles. The van der Waals surface area contributed by atoms with Gasteiger partial charge in [-0.2, -0.15) is 0 Å². The first kappa shape index (κ1) is 18.6. The van der Waals surface area contributed by atoms with E-state index in [2.05, 4.69) is 17.4 Å². The number of rotatable bonds is 7. The van der Waals surface area contributed by atoms with E-state index in [4.69, 9.17) is 9.47 Å². The number of ether oxygens (including phenoxy) is 2. The molecule has 0 aromatic heterocycles. The second-order valence-corrected chi connectivity index (χ2v) is 6.61. The molecule has 1 N–H and O–H groups in total. The maximum atomic E-state index is 12.3. The minimum absolute atomic E-state index is 0.0173. The van der Waals surface area contributed by atoms with Crippen LogP contribution in [0.4, 0.5) is 5.69 Å². The van der Waals surface area contributed by atoms with Gasteiger partial charge in [0.15, 0.2) is 5.78 Å². The summed E-state index contributed by atoms with van der Waals surface area (Å²) < 4.78 is 11.2. The second-order valence-electron chi connectivity index (χ2n) is 6.61. The van der Waals surface area contributed by atoms with E-state index < -0.39 is 0 Å². The number of methoxy groups -OCH3 is 1. The van der Waals surface area contributed by atoms with E-state index in [1.807, 2.05) is 54.6 Å². The molecule has 0 radical (unpaired) electrons. The lowest BCUT2D eigenvalue weighted by Gasteiger charge is -2.10. The number of hydrogen-bond donors (Lipinski definition) is 1. The Kier molecular flexibility index (Phi) is 5.43. The van der Waals surface area contributed by atoms with Gasteiger partial charge in [-0.25, -0.2) is 0 Å². The molecule has 0 atom stereocenters. The van der Waals surface area contributed by atoms with Crippen molar-refractivity contribution >= 4 is 22.2 Å². The lowest BCUT2D eigenvalue weighted by atomic mass is 10.1. The Morgan fingerprint density at radius 1 is 0.793 bits per heavy atom. The standard InChI is InChI=1S/C25H21NO3/c1-28-21-13-9-19(10-14-21)24(27)17-26-20-11-15-22(16-12-20)29-25-8-4-6-18-5-2-3-7-23(18)25/h2-16,26H,17H2,1H3. The largest absolute Gasteiger partial charge is 0.497 e. The van der Waals surface area contributed by atoms with E-state index in [0.29, 0.717) is 5.56 Å². The minimum Gasteiger partial charge on any atom is -0.497 e. The van der Waals surface area contributed by atoms with Gasteiger partial charge >= 0.3 is 0 Å². The van der Waals surface area contributed by atoms with Gasteiger partial charge in [0.05, 0.1) is 13.7 Å². The predicted molar refractivity (Wildman–Crippen MR) is 116 cm³/mol. The Balaban J connectivity index is 1.39. The van der Waals surface area contributed by atoms with Gasteiger partial charge in [-0.05, 0) is 60.0 Å². The highest BCUT2D eigenvalue weighted by atomic mass is 16.5. The fraction of sp³-hybridized carbons (Fsp3) is 0.0800. The van der Waals surface area contributed by atoms with Crippen molar-refractivity contribution in [3.8, 4) is 17.2 Å². The third-order valence-electron chi connectivity index (χ3n) is 4.70. The number of carbonyl (C=O) groups excluding carboxylic acids is 1. The van der Waals surface area contributed by atoms with Crippen molar-refractivity contribution in [2.24, 2.45) is 0 Å². The number of fused-ring (bicyclic) bond motifs is 1. The smallest absolute Gasteiger partial charge is 0.181 e. The highest BCUT2D eigenvalue weighted by molar-refractivity contribution is 5.99. The van der Waals surface area contributed by atoms with Crippen LogP contribution in [0, 0.1) is 0 Å². The van der Waals surface area contributed by atoms with Crippen LogP contribution < -0.4 is 14.8 Å². The second kappa shape index (κ2) is 8.48. The Labute approximate surface area is 169 Å². The van der Waals surface area contributed by atoms with E-state index in [-0.39, 0.29) is 12.3 Å². The van der Waals surface area contributed by atoms with Crippen LogP contribution in [0.2, 0.25) is 0 Å². The van der Waals surface area contributed by atoms with Crippen LogP contribution in [0.3, 0.4) is 0 Å². The molecular formula is C25H21NO3. The molecule has 0 aliphatic carbocycles. The molecule has 4 heteroatoms. The fourth-order valence-corrected chi connectivity index (χ4v) is 3.11. The first-order valence-corrected chi connectivity index (χ1v) is 9.40. The first-order valence-electron chi connectivity index (χ1n) is 9.40. The van der Waals surface area contributed by atoms with Crippen molar-refractivity contribution in [2.75, 3.05) is 19.0 Å². The van der Waals surface area contributed by atoms with E-state index in [9.17, 15) is 4.79 Å². The Hall–Kier alpha value is -3.79. The molecule has 0 aliphatic heterocycles. The molecule has 0 spiro atoms. The lowest BCUT2D eigenvalue weighted by molar-refractivity contribution is 0.101.